The first-order valence-corrected chi connectivity index (χ1v) is 8.09. The first-order valence-electron chi connectivity index (χ1n) is 8.09. The second kappa shape index (κ2) is 6.28. The molecule has 5 heteroatoms. The van der Waals surface area contributed by atoms with Gasteiger partial charge in [-0.15, -0.1) is 0 Å². The van der Waals surface area contributed by atoms with E-state index in [4.69, 9.17) is 0 Å². The Bertz CT molecular complexity index is 1070. The molecule has 0 bridgehead atoms. The van der Waals surface area contributed by atoms with E-state index in [0.29, 0.717) is 13.0 Å². The third-order valence-corrected chi connectivity index (χ3v) is 4.18. The second-order valence-corrected chi connectivity index (χ2v) is 6.03. The Balaban J connectivity index is 1.48. The van der Waals surface area contributed by atoms with E-state index in [1.54, 1.807) is 24.4 Å². The Morgan fingerprint density at radius 2 is 1.96 bits per heavy atom. The van der Waals surface area contributed by atoms with Crippen molar-refractivity contribution in [2.24, 2.45) is 0 Å². The fourth-order valence-electron chi connectivity index (χ4n) is 2.99. The van der Waals surface area contributed by atoms with Crippen molar-refractivity contribution in [1.29, 1.82) is 0 Å². The summed E-state index contributed by atoms with van der Waals surface area (Å²) in [7, 11) is 0. The molecule has 0 saturated carbocycles. The van der Waals surface area contributed by atoms with Crippen molar-refractivity contribution < 1.29 is 9.90 Å². The summed E-state index contributed by atoms with van der Waals surface area (Å²) < 4.78 is 0. The molecule has 0 fully saturated rings. The number of carbonyl (C=O) groups excluding carboxylic acids is 1. The molecule has 0 unspecified atom stereocenters. The highest BCUT2D eigenvalue weighted by molar-refractivity contribution is 6.05. The van der Waals surface area contributed by atoms with Crippen molar-refractivity contribution in [3.05, 3.63) is 71.9 Å². The zero-order valence-corrected chi connectivity index (χ0v) is 13.5. The maximum Gasteiger partial charge on any atom is 0.224 e. The zero-order chi connectivity index (χ0) is 17.2. The number of benzene rings is 2. The highest BCUT2D eigenvalue weighted by Crippen LogP contribution is 2.24. The van der Waals surface area contributed by atoms with Crippen LogP contribution in [-0.4, -0.2) is 21.0 Å². The maximum absolute atomic E-state index is 12.2. The minimum Gasteiger partial charge on any atom is -0.508 e. The van der Waals surface area contributed by atoms with Gasteiger partial charge in [0, 0.05) is 23.6 Å². The van der Waals surface area contributed by atoms with Gasteiger partial charge >= 0.3 is 0 Å². The lowest BCUT2D eigenvalue weighted by atomic mass is 10.1. The van der Waals surface area contributed by atoms with E-state index < -0.39 is 0 Å². The fourth-order valence-corrected chi connectivity index (χ4v) is 2.99. The summed E-state index contributed by atoms with van der Waals surface area (Å²) in [5.74, 6) is 0.140. The molecule has 0 atom stereocenters. The van der Waals surface area contributed by atoms with E-state index in [1.807, 2.05) is 36.4 Å². The largest absolute Gasteiger partial charge is 0.508 e. The van der Waals surface area contributed by atoms with Crippen LogP contribution in [0.25, 0.3) is 21.9 Å². The Kier molecular flexibility index (Phi) is 3.82. The summed E-state index contributed by atoms with van der Waals surface area (Å²) in [4.78, 5) is 19.9. The van der Waals surface area contributed by atoms with Gasteiger partial charge in [0.1, 0.15) is 5.75 Å². The number of aromatic hydroxyl groups is 1. The van der Waals surface area contributed by atoms with Gasteiger partial charge in [-0.3, -0.25) is 9.78 Å². The van der Waals surface area contributed by atoms with E-state index in [1.165, 1.54) is 0 Å². The van der Waals surface area contributed by atoms with E-state index in [9.17, 15) is 9.90 Å². The molecule has 2 heterocycles. The standard InChI is InChI=1S/C20H17N3O2/c24-15-4-1-3-14(9-15)12-22-19(25)11-13-6-7-16-18(10-13)23-17-5-2-8-21-20(16)17/h1-10,23-24H,11-12H2,(H,22,25). The zero-order valence-electron chi connectivity index (χ0n) is 13.5. The van der Waals surface area contributed by atoms with Gasteiger partial charge in [-0.05, 0) is 41.5 Å². The van der Waals surface area contributed by atoms with E-state index in [0.717, 1.165) is 33.1 Å². The Morgan fingerprint density at radius 3 is 2.84 bits per heavy atom. The number of hydrogen-bond donors (Lipinski definition) is 3. The van der Waals surface area contributed by atoms with Gasteiger partial charge in [-0.2, -0.15) is 0 Å². The summed E-state index contributed by atoms with van der Waals surface area (Å²) in [6.07, 6.45) is 2.08. The molecule has 0 saturated heterocycles. The number of rotatable bonds is 4. The molecule has 124 valence electrons. The quantitative estimate of drug-likeness (QED) is 0.537. The van der Waals surface area contributed by atoms with Crippen LogP contribution in [0.4, 0.5) is 0 Å². The van der Waals surface area contributed by atoms with Gasteiger partial charge in [-0.25, -0.2) is 0 Å². The van der Waals surface area contributed by atoms with Crippen LogP contribution in [0.3, 0.4) is 0 Å². The van der Waals surface area contributed by atoms with Crippen molar-refractivity contribution in [2.75, 3.05) is 0 Å². The number of H-pyrrole nitrogens is 1. The molecular formula is C20H17N3O2. The van der Waals surface area contributed by atoms with Gasteiger partial charge in [0.15, 0.2) is 0 Å². The van der Waals surface area contributed by atoms with E-state index in [2.05, 4.69) is 15.3 Å². The first kappa shape index (κ1) is 15.2. The number of aromatic nitrogens is 2. The number of aromatic amines is 1. The van der Waals surface area contributed by atoms with Crippen LogP contribution in [0.5, 0.6) is 5.75 Å². The molecule has 0 aliphatic rings. The molecule has 2 aromatic carbocycles. The smallest absolute Gasteiger partial charge is 0.224 e. The second-order valence-electron chi connectivity index (χ2n) is 6.03. The fraction of sp³-hybridized carbons (Fsp3) is 0.100. The molecule has 2 aromatic heterocycles. The number of pyridine rings is 1. The molecule has 0 aliphatic carbocycles. The molecule has 4 aromatic rings. The first-order chi connectivity index (χ1) is 12.2. The summed E-state index contributed by atoms with van der Waals surface area (Å²) in [5.41, 5.74) is 4.71. The molecule has 1 amide bonds. The number of hydrogen-bond acceptors (Lipinski definition) is 3. The highest BCUT2D eigenvalue weighted by Gasteiger charge is 2.08. The maximum atomic E-state index is 12.2. The number of amides is 1. The SMILES string of the molecule is O=C(Cc1ccc2c(c1)[nH]c1cccnc12)NCc1cccc(O)c1. The van der Waals surface area contributed by atoms with Crippen LogP contribution in [0.2, 0.25) is 0 Å². The average molecular weight is 331 g/mol. The minimum atomic E-state index is -0.0584. The summed E-state index contributed by atoms with van der Waals surface area (Å²) in [6, 6.07) is 16.7. The summed E-state index contributed by atoms with van der Waals surface area (Å²) >= 11 is 0. The van der Waals surface area contributed by atoms with Crippen LogP contribution in [0, 0.1) is 0 Å². The summed E-state index contributed by atoms with van der Waals surface area (Å²) in [6.45, 7) is 0.395. The van der Waals surface area contributed by atoms with Gasteiger partial charge in [0.25, 0.3) is 0 Å². The Morgan fingerprint density at radius 1 is 1.04 bits per heavy atom. The van der Waals surface area contributed by atoms with Gasteiger partial charge in [0.2, 0.25) is 5.91 Å². The van der Waals surface area contributed by atoms with Crippen molar-refractivity contribution in [2.45, 2.75) is 13.0 Å². The minimum absolute atomic E-state index is 0.0584. The molecule has 0 spiro atoms. The van der Waals surface area contributed by atoms with Crippen LogP contribution >= 0.6 is 0 Å². The van der Waals surface area contributed by atoms with Crippen molar-refractivity contribution >= 4 is 27.8 Å². The molecular weight excluding hydrogens is 314 g/mol. The van der Waals surface area contributed by atoms with E-state index >= 15 is 0 Å². The number of nitrogens with zero attached hydrogens (tertiary/aromatic N) is 1. The lowest BCUT2D eigenvalue weighted by molar-refractivity contribution is -0.120. The van der Waals surface area contributed by atoms with Crippen LogP contribution in [0.15, 0.2) is 60.8 Å². The Labute approximate surface area is 144 Å². The molecule has 25 heavy (non-hydrogen) atoms. The third-order valence-electron chi connectivity index (χ3n) is 4.18. The average Bonchev–Trinajstić information content (AvgIpc) is 2.98. The molecule has 0 aliphatic heterocycles. The van der Waals surface area contributed by atoms with Gasteiger partial charge < -0.3 is 15.4 Å². The highest BCUT2D eigenvalue weighted by atomic mass is 16.3. The molecule has 0 radical (unpaired) electrons. The number of phenols is 1. The normalized spacial score (nSPS) is 11.0. The summed E-state index contributed by atoms with van der Waals surface area (Å²) in [5, 5.41) is 13.4. The van der Waals surface area contributed by atoms with E-state index in [-0.39, 0.29) is 11.7 Å². The number of phenolic OH excluding ortho intramolecular Hbond substituents is 1. The van der Waals surface area contributed by atoms with Gasteiger partial charge in [0.05, 0.1) is 17.5 Å². The topological polar surface area (TPSA) is 78.0 Å². The predicted octanol–water partition coefficient (Wildman–Crippen LogP) is 3.28. The molecule has 5 nitrogen and oxygen atoms in total. The van der Waals surface area contributed by atoms with Crippen molar-refractivity contribution in [3.8, 4) is 5.75 Å². The monoisotopic (exact) mass is 331 g/mol. The van der Waals surface area contributed by atoms with Crippen molar-refractivity contribution in [3.63, 3.8) is 0 Å². The predicted molar refractivity (Wildman–Crippen MR) is 97.3 cm³/mol. The number of nitrogens with one attached hydrogen (secondary N) is 2. The Hall–Kier alpha value is -3.34. The third kappa shape index (κ3) is 3.17. The van der Waals surface area contributed by atoms with Crippen LogP contribution in [-0.2, 0) is 17.8 Å². The molecule has 4 rings (SSSR count). The van der Waals surface area contributed by atoms with Gasteiger partial charge in [-0.1, -0.05) is 24.3 Å². The van der Waals surface area contributed by atoms with Crippen LogP contribution < -0.4 is 5.32 Å². The van der Waals surface area contributed by atoms with Crippen LogP contribution in [0.1, 0.15) is 11.1 Å². The molecule has 3 N–H and O–H groups in total. The van der Waals surface area contributed by atoms with Crippen molar-refractivity contribution in [1.82, 2.24) is 15.3 Å². The number of fused-ring (bicyclic) bond motifs is 3. The number of carbonyl (C=O) groups is 1. The lowest BCUT2D eigenvalue weighted by Crippen LogP contribution is -2.24. The lowest BCUT2D eigenvalue weighted by Gasteiger charge is -2.06.